The van der Waals surface area contributed by atoms with Gasteiger partial charge in [-0.25, -0.2) is 18.1 Å². The molecule has 0 amide bonds. The Balaban J connectivity index is 2.61. The lowest BCUT2D eigenvalue weighted by molar-refractivity contribution is -0.142. The van der Waals surface area contributed by atoms with E-state index in [9.17, 15) is 26.7 Å². The van der Waals surface area contributed by atoms with Crippen molar-refractivity contribution in [3.8, 4) is 5.69 Å². The zero-order chi connectivity index (χ0) is 20.4. The highest BCUT2D eigenvalue weighted by Gasteiger charge is 2.39. The van der Waals surface area contributed by atoms with E-state index in [-0.39, 0.29) is 29.2 Å². The summed E-state index contributed by atoms with van der Waals surface area (Å²) in [7, 11) is -2.12. The van der Waals surface area contributed by atoms with Crippen LogP contribution in [-0.2, 0) is 27.4 Å². The summed E-state index contributed by atoms with van der Waals surface area (Å²) in [6.07, 6.45) is -2.73. The van der Waals surface area contributed by atoms with E-state index in [1.807, 2.05) is 0 Å². The van der Waals surface area contributed by atoms with Crippen LogP contribution in [0.1, 0.15) is 18.2 Å². The van der Waals surface area contributed by atoms with Gasteiger partial charge in [-0.3, -0.25) is 0 Å². The maximum Gasteiger partial charge on any atom is 0.435 e. The second-order valence-electron chi connectivity index (χ2n) is 5.87. The minimum Gasteiger partial charge on any atom is -0.391 e. The lowest BCUT2D eigenvalue weighted by atomic mass is 10.2. The number of aliphatic hydroxyl groups excluding tert-OH is 1. The lowest BCUT2D eigenvalue weighted by Crippen LogP contribution is -2.23. The van der Waals surface area contributed by atoms with Gasteiger partial charge in [0.25, 0.3) is 0 Å². The third-order valence-electron chi connectivity index (χ3n) is 3.56. The summed E-state index contributed by atoms with van der Waals surface area (Å²) in [5, 5.41) is 15.7. The maximum atomic E-state index is 13.3. The van der Waals surface area contributed by atoms with Gasteiger partial charge in [-0.05, 0) is 19.1 Å². The highest BCUT2D eigenvalue weighted by molar-refractivity contribution is 7.90. The Morgan fingerprint density at radius 3 is 2.48 bits per heavy atom. The minimum absolute atomic E-state index is 0.0803. The van der Waals surface area contributed by atoms with E-state index in [0.717, 1.165) is 17.1 Å². The van der Waals surface area contributed by atoms with Gasteiger partial charge in [0.2, 0.25) is 0 Å². The van der Waals surface area contributed by atoms with Crippen LogP contribution in [0, 0.1) is 0 Å². The molecule has 2 N–H and O–H groups in total. The molecule has 0 saturated heterocycles. The SMILES string of the molecule is COCC(C)Nc1c(CO)c(C(F)(F)F)nn1-c1ccc(S(C)(=O)=O)nc1. The van der Waals surface area contributed by atoms with Gasteiger partial charge in [0.15, 0.2) is 20.6 Å². The first kappa shape index (κ1) is 21.1. The van der Waals surface area contributed by atoms with Crippen molar-refractivity contribution in [2.45, 2.75) is 30.8 Å². The van der Waals surface area contributed by atoms with Crippen molar-refractivity contribution in [1.82, 2.24) is 14.8 Å². The van der Waals surface area contributed by atoms with E-state index < -0.39 is 33.9 Å². The van der Waals surface area contributed by atoms with E-state index in [2.05, 4.69) is 15.4 Å². The number of aliphatic hydroxyl groups is 1. The van der Waals surface area contributed by atoms with Gasteiger partial charge < -0.3 is 15.2 Å². The second-order valence-corrected chi connectivity index (χ2v) is 7.83. The van der Waals surface area contributed by atoms with E-state index in [4.69, 9.17) is 4.74 Å². The summed E-state index contributed by atoms with van der Waals surface area (Å²) in [4.78, 5) is 3.76. The Morgan fingerprint density at radius 2 is 2.04 bits per heavy atom. The summed E-state index contributed by atoms with van der Waals surface area (Å²) in [6, 6.07) is 2.06. The van der Waals surface area contributed by atoms with Crippen molar-refractivity contribution in [2.75, 3.05) is 25.3 Å². The number of pyridine rings is 1. The molecule has 1 atom stereocenters. The molecule has 2 heterocycles. The van der Waals surface area contributed by atoms with Crippen LogP contribution in [0.15, 0.2) is 23.4 Å². The van der Waals surface area contributed by atoms with Gasteiger partial charge in [-0.1, -0.05) is 0 Å². The first-order valence-electron chi connectivity index (χ1n) is 7.71. The van der Waals surface area contributed by atoms with E-state index in [1.165, 1.54) is 19.2 Å². The number of nitrogens with one attached hydrogen (secondary N) is 1. The number of sulfone groups is 1. The Bertz CT molecular complexity index is 895. The minimum atomic E-state index is -4.79. The monoisotopic (exact) mass is 408 g/mol. The third kappa shape index (κ3) is 4.76. The predicted molar refractivity (Wildman–Crippen MR) is 90.4 cm³/mol. The summed E-state index contributed by atoms with van der Waals surface area (Å²) < 4.78 is 68.9. The largest absolute Gasteiger partial charge is 0.435 e. The number of methoxy groups -OCH3 is 1. The number of halogens is 3. The van der Waals surface area contributed by atoms with Crippen molar-refractivity contribution in [1.29, 1.82) is 0 Å². The number of hydrogen-bond acceptors (Lipinski definition) is 7. The Labute approximate surface area is 153 Å². The second kappa shape index (κ2) is 7.82. The summed E-state index contributed by atoms with van der Waals surface area (Å²) in [5.74, 6) is -0.0803. The van der Waals surface area contributed by atoms with Gasteiger partial charge in [-0.15, -0.1) is 0 Å². The van der Waals surface area contributed by atoms with Crippen molar-refractivity contribution >= 4 is 15.7 Å². The fourth-order valence-electron chi connectivity index (χ4n) is 2.41. The zero-order valence-corrected chi connectivity index (χ0v) is 15.6. The number of rotatable bonds is 7. The predicted octanol–water partition coefficient (Wildman–Crippen LogP) is 1.63. The van der Waals surface area contributed by atoms with E-state index in [1.54, 1.807) is 6.92 Å². The highest BCUT2D eigenvalue weighted by atomic mass is 32.2. The van der Waals surface area contributed by atoms with Gasteiger partial charge in [-0.2, -0.15) is 18.3 Å². The molecule has 1 unspecified atom stereocenters. The molecule has 0 aliphatic carbocycles. The Kier molecular flexibility index (Phi) is 6.12. The Hall–Kier alpha value is -2.18. The molecule has 0 bridgehead atoms. The Morgan fingerprint density at radius 1 is 1.37 bits per heavy atom. The molecule has 0 aliphatic rings. The molecule has 0 saturated carbocycles. The molecular weight excluding hydrogens is 389 g/mol. The number of anilines is 1. The quantitative estimate of drug-likeness (QED) is 0.717. The highest BCUT2D eigenvalue weighted by Crippen LogP contribution is 2.36. The molecule has 0 aliphatic heterocycles. The number of ether oxygens (including phenoxy) is 1. The molecule has 8 nitrogen and oxygen atoms in total. The average molecular weight is 408 g/mol. The summed E-state index contributed by atoms with van der Waals surface area (Å²) in [5.41, 5.74) is -1.58. The van der Waals surface area contributed by atoms with Crippen LogP contribution >= 0.6 is 0 Å². The molecular formula is C15H19F3N4O4S. The van der Waals surface area contributed by atoms with Crippen LogP contribution < -0.4 is 5.32 Å². The number of alkyl halides is 3. The molecule has 0 aromatic carbocycles. The molecule has 150 valence electrons. The fraction of sp³-hybridized carbons (Fsp3) is 0.467. The number of aromatic nitrogens is 3. The van der Waals surface area contributed by atoms with Crippen LogP contribution in [0.5, 0.6) is 0 Å². The van der Waals surface area contributed by atoms with Crippen LogP contribution in [-0.4, -0.2) is 54.3 Å². The van der Waals surface area contributed by atoms with Gasteiger partial charge in [0.1, 0.15) is 5.82 Å². The van der Waals surface area contributed by atoms with Crippen LogP contribution in [0.3, 0.4) is 0 Å². The number of nitrogens with zero attached hydrogens (tertiary/aromatic N) is 3. The maximum absolute atomic E-state index is 13.3. The van der Waals surface area contributed by atoms with Crippen LogP contribution in [0.25, 0.3) is 5.69 Å². The first-order valence-corrected chi connectivity index (χ1v) is 9.60. The average Bonchev–Trinajstić information content (AvgIpc) is 2.93. The molecule has 12 heteroatoms. The van der Waals surface area contributed by atoms with Crippen molar-refractivity contribution in [3.05, 3.63) is 29.6 Å². The third-order valence-corrected chi connectivity index (χ3v) is 4.56. The molecule has 0 spiro atoms. The molecule has 2 aromatic rings. The standard InChI is InChI=1S/C15H19F3N4O4S/c1-9(8-26-2)20-14-11(7-23)13(15(16,17)18)21-22(14)10-4-5-12(19-6-10)27(3,24)25/h4-6,9,20,23H,7-8H2,1-3H3. The molecule has 0 radical (unpaired) electrons. The van der Waals surface area contributed by atoms with Crippen LogP contribution in [0.4, 0.5) is 19.0 Å². The van der Waals surface area contributed by atoms with Crippen molar-refractivity contribution in [2.24, 2.45) is 0 Å². The van der Waals surface area contributed by atoms with Gasteiger partial charge in [0, 0.05) is 19.4 Å². The van der Waals surface area contributed by atoms with E-state index in [0.29, 0.717) is 0 Å². The summed E-state index contributed by atoms with van der Waals surface area (Å²) >= 11 is 0. The molecule has 2 aromatic heterocycles. The first-order chi connectivity index (χ1) is 12.5. The van der Waals surface area contributed by atoms with Crippen molar-refractivity contribution < 1.29 is 31.4 Å². The molecule has 2 rings (SSSR count). The smallest absolute Gasteiger partial charge is 0.391 e. The van der Waals surface area contributed by atoms with Gasteiger partial charge >= 0.3 is 6.18 Å². The lowest BCUT2D eigenvalue weighted by Gasteiger charge is -2.17. The van der Waals surface area contributed by atoms with Crippen molar-refractivity contribution in [3.63, 3.8) is 0 Å². The zero-order valence-electron chi connectivity index (χ0n) is 14.8. The summed E-state index contributed by atoms with van der Waals surface area (Å²) in [6.45, 7) is 0.981. The topological polar surface area (TPSA) is 106 Å². The number of hydrogen-bond donors (Lipinski definition) is 2. The molecule has 27 heavy (non-hydrogen) atoms. The van der Waals surface area contributed by atoms with E-state index >= 15 is 0 Å². The van der Waals surface area contributed by atoms with Gasteiger partial charge in [0.05, 0.1) is 30.7 Å². The normalized spacial score (nSPS) is 13.6. The fourth-order valence-corrected chi connectivity index (χ4v) is 2.96. The molecule has 0 fully saturated rings. The van der Waals surface area contributed by atoms with Crippen LogP contribution in [0.2, 0.25) is 0 Å².